The van der Waals surface area contributed by atoms with Gasteiger partial charge in [-0.05, 0) is 36.1 Å². The van der Waals surface area contributed by atoms with Gasteiger partial charge in [-0.15, -0.1) is 0 Å². The molecule has 0 bridgehead atoms. The number of Topliss-reactive ketones (excluding diaryl/α,β-unsaturated/α-hetero) is 1. The third-order valence-electron chi connectivity index (χ3n) is 3.85. The summed E-state index contributed by atoms with van der Waals surface area (Å²) in [5, 5.41) is 9.37. The van der Waals surface area contributed by atoms with E-state index in [-0.39, 0.29) is 11.4 Å². The first kappa shape index (κ1) is 19.3. The van der Waals surface area contributed by atoms with Crippen LogP contribution in [0.3, 0.4) is 0 Å². The number of nitriles is 1. The highest BCUT2D eigenvalue weighted by atomic mass is 16.5. The first-order chi connectivity index (χ1) is 12.5. The van der Waals surface area contributed by atoms with Gasteiger partial charge in [0.25, 0.3) is 0 Å². The molecule has 4 nitrogen and oxygen atoms in total. The van der Waals surface area contributed by atoms with Gasteiger partial charge in [0.05, 0.1) is 13.7 Å². The first-order valence-electron chi connectivity index (χ1n) is 8.57. The van der Waals surface area contributed by atoms with Crippen LogP contribution in [0.2, 0.25) is 0 Å². The minimum Gasteiger partial charge on any atom is -0.493 e. The molecule has 0 atom stereocenters. The maximum Gasteiger partial charge on any atom is 0.203 e. The lowest BCUT2D eigenvalue weighted by Gasteiger charge is -2.12. The topological polar surface area (TPSA) is 59.3 Å². The normalized spacial score (nSPS) is 11.1. The van der Waals surface area contributed by atoms with E-state index in [2.05, 4.69) is 13.8 Å². The number of carbonyl (C=O) groups excluding carboxylic acids is 1. The Morgan fingerprint density at radius 2 is 1.88 bits per heavy atom. The fourth-order valence-corrected chi connectivity index (χ4v) is 2.36. The summed E-state index contributed by atoms with van der Waals surface area (Å²) in [6, 6.07) is 16.1. The molecule has 0 aliphatic heterocycles. The van der Waals surface area contributed by atoms with Crippen molar-refractivity contribution in [3.63, 3.8) is 0 Å². The Labute approximate surface area is 154 Å². The quantitative estimate of drug-likeness (QED) is 0.386. The number of ketones is 1. The van der Waals surface area contributed by atoms with E-state index < -0.39 is 0 Å². The van der Waals surface area contributed by atoms with Gasteiger partial charge in [-0.1, -0.05) is 50.2 Å². The van der Waals surface area contributed by atoms with Crippen LogP contribution in [0.25, 0.3) is 6.08 Å². The Morgan fingerprint density at radius 3 is 2.50 bits per heavy atom. The van der Waals surface area contributed by atoms with Gasteiger partial charge in [-0.25, -0.2) is 0 Å². The standard InChI is InChI=1S/C22H23NO3/c1-16(2)11-12-26-20-10-9-17(14-21(20)25-3)13-19(15-23)22(24)18-7-5-4-6-8-18/h4-10,13-14,16H,11-12H2,1-3H3/b19-13+. The Kier molecular flexibility index (Phi) is 6.99. The van der Waals surface area contributed by atoms with Crippen molar-refractivity contribution >= 4 is 11.9 Å². The summed E-state index contributed by atoms with van der Waals surface area (Å²) < 4.78 is 11.1. The number of allylic oxidation sites excluding steroid dienone is 1. The van der Waals surface area contributed by atoms with Gasteiger partial charge in [0, 0.05) is 5.56 Å². The molecule has 2 aromatic carbocycles. The van der Waals surface area contributed by atoms with Crippen LogP contribution in [0.5, 0.6) is 11.5 Å². The van der Waals surface area contributed by atoms with Crippen LogP contribution in [0, 0.1) is 17.2 Å². The lowest BCUT2D eigenvalue weighted by Crippen LogP contribution is -2.03. The van der Waals surface area contributed by atoms with Crippen molar-refractivity contribution in [1.29, 1.82) is 5.26 Å². The lowest BCUT2D eigenvalue weighted by atomic mass is 10.0. The number of carbonyl (C=O) groups is 1. The van der Waals surface area contributed by atoms with Crippen molar-refractivity contribution in [2.45, 2.75) is 20.3 Å². The van der Waals surface area contributed by atoms with Crippen LogP contribution in [-0.2, 0) is 0 Å². The molecule has 2 aromatic rings. The molecule has 0 saturated heterocycles. The van der Waals surface area contributed by atoms with Crippen LogP contribution in [0.4, 0.5) is 0 Å². The van der Waals surface area contributed by atoms with Crippen molar-refractivity contribution in [3.05, 3.63) is 65.2 Å². The molecule has 0 amide bonds. The number of nitrogens with zero attached hydrogens (tertiary/aromatic N) is 1. The van der Waals surface area contributed by atoms with Crippen LogP contribution in [-0.4, -0.2) is 19.5 Å². The zero-order chi connectivity index (χ0) is 18.9. The predicted molar refractivity (Wildman–Crippen MR) is 102 cm³/mol. The molecule has 0 aliphatic carbocycles. The molecule has 134 valence electrons. The van der Waals surface area contributed by atoms with E-state index in [0.29, 0.717) is 35.2 Å². The Morgan fingerprint density at radius 1 is 1.15 bits per heavy atom. The molecule has 0 aromatic heterocycles. The highest BCUT2D eigenvalue weighted by Crippen LogP contribution is 2.29. The van der Waals surface area contributed by atoms with Crippen molar-refractivity contribution in [2.75, 3.05) is 13.7 Å². The molecule has 0 aliphatic rings. The third kappa shape index (κ3) is 5.22. The van der Waals surface area contributed by atoms with E-state index in [4.69, 9.17) is 9.47 Å². The Balaban J connectivity index is 2.23. The minimum atomic E-state index is -0.302. The number of methoxy groups -OCH3 is 1. The largest absolute Gasteiger partial charge is 0.493 e. The summed E-state index contributed by atoms with van der Waals surface area (Å²) >= 11 is 0. The van der Waals surface area contributed by atoms with Gasteiger partial charge in [-0.3, -0.25) is 4.79 Å². The summed E-state index contributed by atoms with van der Waals surface area (Å²) in [6.45, 7) is 4.89. The van der Waals surface area contributed by atoms with E-state index >= 15 is 0 Å². The maximum atomic E-state index is 12.5. The molecule has 0 N–H and O–H groups in total. The fourth-order valence-electron chi connectivity index (χ4n) is 2.36. The lowest BCUT2D eigenvalue weighted by molar-refractivity contribution is 0.104. The molecule has 0 spiro atoms. The SMILES string of the molecule is COc1cc(/C=C(\C#N)C(=O)c2ccccc2)ccc1OCCC(C)C. The Bertz CT molecular complexity index is 817. The van der Waals surface area contributed by atoms with Gasteiger partial charge in [0.2, 0.25) is 5.78 Å². The second-order valence-electron chi connectivity index (χ2n) is 6.31. The average Bonchev–Trinajstić information content (AvgIpc) is 2.66. The smallest absolute Gasteiger partial charge is 0.203 e. The molecule has 26 heavy (non-hydrogen) atoms. The van der Waals surface area contributed by atoms with Gasteiger partial charge < -0.3 is 9.47 Å². The molecule has 0 fully saturated rings. The average molecular weight is 349 g/mol. The summed E-state index contributed by atoms with van der Waals surface area (Å²) in [6.07, 6.45) is 2.52. The second-order valence-corrected chi connectivity index (χ2v) is 6.31. The molecule has 0 unspecified atom stereocenters. The van der Waals surface area contributed by atoms with E-state index in [1.54, 1.807) is 49.6 Å². The zero-order valence-corrected chi connectivity index (χ0v) is 15.4. The monoisotopic (exact) mass is 349 g/mol. The Hall–Kier alpha value is -3.06. The molecule has 0 heterocycles. The number of hydrogen-bond donors (Lipinski definition) is 0. The number of benzene rings is 2. The maximum absolute atomic E-state index is 12.5. The molecule has 2 rings (SSSR count). The van der Waals surface area contributed by atoms with Crippen LogP contribution >= 0.6 is 0 Å². The number of ether oxygens (including phenoxy) is 2. The summed E-state index contributed by atoms with van der Waals surface area (Å²) in [7, 11) is 1.57. The molecule has 4 heteroatoms. The molecular weight excluding hydrogens is 326 g/mol. The van der Waals surface area contributed by atoms with E-state index in [1.165, 1.54) is 0 Å². The van der Waals surface area contributed by atoms with E-state index in [0.717, 1.165) is 6.42 Å². The highest BCUT2D eigenvalue weighted by molar-refractivity contribution is 6.14. The molecule has 0 radical (unpaired) electrons. The van der Waals surface area contributed by atoms with Crippen molar-refractivity contribution < 1.29 is 14.3 Å². The van der Waals surface area contributed by atoms with Crippen molar-refractivity contribution in [2.24, 2.45) is 5.92 Å². The van der Waals surface area contributed by atoms with Gasteiger partial charge in [0.15, 0.2) is 11.5 Å². The number of hydrogen-bond acceptors (Lipinski definition) is 4. The summed E-state index contributed by atoms with van der Waals surface area (Å²) in [5.41, 5.74) is 1.27. The third-order valence-corrected chi connectivity index (χ3v) is 3.85. The molecule has 0 saturated carbocycles. The highest BCUT2D eigenvalue weighted by Gasteiger charge is 2.12. The van der Waals surface area contributed by atoms with Crippen LogP contribution in [0.15, 0.2) is 54.1 Å². The summed E-state index contributed by atoms with van der Waals surface area (Å²) in [5.74, 6) is 1.49. The van der Waals surface area contributed by atoms with Crippen LogP contribution in [0.1, 0.15) is 36.2 Å². The second kappa shape index (κ2) is 9.43. The fraction of sp³-hybridized carbons (Fsp3) is 0.273. The number of rotatable bonds is 8. The van der Waals surface area contributed by atoms with Gasteiger partial charge in [-0.2, -0.15) is 5.26 Å². The molecular formula is C22H23NO3. The zero-order valence-electron chi connectivity index (χ0n) is 15.4. The van der Waals surface area contributed by atoms with Crippen molar-refractivity contribution in [3.8, 4) is 17.6 Å². The predicted octanol–water partition coefficient (Wildman–Crippen LogP) is 4.91. The van der Waals surface area contributed by atoms with E-state index in [1.807, 2.05) is 18.2 Å². The first-order valence-corrected chi connectivity index (χ1v) is 8.57. The minimum absolute atomic E-state index is 0.0757. The van der Waals surface area contributed by atoms with Crippen molar-refractivity contribution in [1.82, 2.24) is 0 Å². The van der Waals surface area contributed by atoms with Gasteiger partial charge >= 0.3 is 0 Å². The van der Waals surface area contributed by atoms with Crippen LogP contribution < -0.4 is 9.47 Å². The van der Waals surface area contributed by atoms with Gasteiger partial charge in [0.1, 0.15) is 11.6 Å². The van der Waals surface area contributed by atoms with E-state index in [9.17, 15) is 10.1 Å². The summed E-state index contributed by atoms with van der Waals surface area (Å²) in [4.78, 5) is 12.5.